The van der Waals surface area contributed by atoms with Crippen LogP contribution in [0, 0.1) is 12.8 Å². The summed E-state index contributed by atoms with van der Waals surface area (Å²) >= 11 is 0. The van der Waals surface area contributed by atoms with E-state index in [4.69, 9.17) is 10.3 Å². The minimum Gasteiger partial charge on any atom is -0.468 e. The standard InChI is InChI=1S/C7H11NO2.C7H8O3S/c1-3-5-4-7(5,8)6(9)10-2;1-6-2-4-7(5-3-6)11(8,9)10/h3,5H,1,4,8H2,2H3;2-5H,1H3,(H,8,9,10)/t5-,7-;/m1./s1. The minimum atomic E-state index is -4.02. The fourth-order valence-corrected chi connectivity index (χ4v) is 2.21. The van der Waals surface area contributed by atoms with Crippen molar-refractivity contribution in [3.05, 3.63) is 42.5 Å². The van der Waals surface area contributed by atoms with Crippen molar-refractivity contribution in [1.29, 1.82) is 0 Å². The van der Waals surface area contributed by atoms with Gasteiger partial charge in [0.25, 0.3) is 10.1 Å². The zero-order chi connectivity index (χ0) is 16.3. The average molecular weight is 313 g/mol. The summed E-state index contributed by atoms with van der Waals surface area (Å²) in [5.74, 6) is -0.225. The number of ether oxygens (including phenoxy) is 1. The highest BCUT2D eigenvalue weighted by molar-refractivity contribution is 7.85. The molecule has 0 aliphatic heterocycles. The van der Waals surface area contributed by atoms with E-state index in [0.717, 1.165) is 5.56 Å². The molecule has 1 saturated carbocycles. The van der Waals surface area contributed by atoms with E-state index in [9.17, 15) is 13.2 Å². The Balaban J connectivity index is 0.000000211. The molecule has 1 aliphatic rings. The molecule has 0 aromatic heterocycles. The van der Waals surface area contributed by atoms with Gasteiger partial charge in [-0.3, -0.25) is 9.35 Å². The Hall–Kier alpha value is -1.70. The van der Waals surface area contributed by atoms with Gasteiger partial charge in [0.05, 0.1) is 12.0 Å². The smallest absolute Gasteiger partial charge is 0.326 e. The van der Waals surface area contributed by atoms with Crippen molar-refractivity contribution < 1.29 is 22.5 Å². The van der Waals surface area contributed by atoms with Gasteiger partial charge < -0.3 is 10.5 Å². The molecule has 2 atom stereocenters. The average Bonchev–Trinajstić information content (AvgIpc) is 3.10. The van der Waals surface area contributed by atoms with Gasteiger partial charge in [-0.15, -0.1) is 6.58 Å². The number of carbonyl (C=O) groups is 1. The van der Waals surface area contributed by atoms with Crippen LogP contribution in [0.1, 0.15) is 12.0 Å². The first-order chi connectivity index (χ1) is 9.65. The van der Waals surface area contributed by atoms with Gasteiger partial charge in [-0.2, -0.15) is 8.42 Å². The highest BCUT2D eigenvalue weighted by Crippen LogP contribution is 2.42. The summed E-state index contributed by atoms with van der Waals surface area (Å²) in [5, 5.41) is 0. The van der Waals surface area contributed by atoms with E-state index in [1.165, 1.54) is 19.2 Å². The summed E-state index contributed by atoms with van der Waals surface area (Å²) in [6.07, 6.45) is 2.36. The molecule has 0 unspecified atom stereocenters. The molecule has 0 amide bonds. The number of esters is 1. The van der Waals surface area contributed by atoms with E-state index in [2.05, 4.69) is 11.3 Å². The molecule has 0 spiro atoms. The highest BCUT2D eigenvalue weighted by atomic mass is 32.2. The third-order valence-corrected chi connectivity index (χ3v) is 4.10. The fraction of sp³-hybridized carbons (Fsp3) is 0.357. The molecular formula is C14H19NO5S. The number of rotatable bonds is 3. The maximum absolute atomic E-state index is 10.9. The molecule has 2 rings (SSSR count). The molecule has 1 aliphatic carbocycles. The Labute approximate surface area is 124 Å². The van der Waals surface area contributed by atoms with Crippen LogP contribution in [0.15, 0.2) is 41.8 Å². The number of methoxy groups -OCH3 is 1. The summed E-state index contributed by atoms with van der Waals surface area (Å²) in [6.45, 7) is 5.39. The van der Waals surface area contributed by atoms with Gasteiger partial charge in [-0.25, -0.2) is 0 Å². The molecule has 6 nitrogen and oxygen atoms in total. The molecule has 3 N–H and O–H groups in total. The lowest BCUT2D eigenvalue weighted by molar-refractivity contribution is -0.143. The maximum atomic E-state index is 10.9. The van der Waals surface area contributed by atoms with Gasteiger partial charge in [0.1, 0.15) is 5.54 Å². The molecular weight excluding hydrogens is 294 g/mol. The zero-order valence-corrected chi connectivity index (χ0v) is 12.8. The van der Waals surface area contributed by atoms with Crippen molar-refractivity contribution in [1.82, 2.24) is 0 Å². The predicted octanol–water partition coefficient (Wildman–Crippen LogP) is 1.30. The van der Waals surface area contributed by atoms with Gasteiger partial charge in [-0.05, 0) is 25.5 Å². The van der Waals surface area contributed by atoms with Crippen LogP contribution < -0.4 is 5.73 Å². The summed E-state index contributed by atoms with van der Waals surface area (Å²) < 4.78 is 34.0. The second-order valence-corrected chi connectivity index (χ2v) is 6.29. The van der Waals surface area contributed by atoms with Crippen LogP contribution in [0.25, 0.3) is 0 Å². The van der Waals surface area contributed by atoms with Crippen LogP contribution in [0.4, 0.5) is 0 Å². The summed E-state index contributed by atoms with van der Waals surface area (Å²) in [5.41, 5.74) is 5.81. The van der Waals surface area contributed by atoms with Gasteiger partial charge in [0, 0.05) is 5.92 Å². The number of nitrogens with two attached hydrogens (primary N) is 1. The van der Waals surface area contributed by atoms with Crippen molar-refractivity contribution in [2.45, 2.75) is 23.8 Å². The monoisotopic (exact) mass is 313 g/mol. The van der Waals surface area contributed by atoms with Crippen molar-refractivity contribution in [2.75, 3.05) is 7.11 Å². The second kappa shape index (κ2) is 6.38. The second-order valence-electron chi connectivity index (χ2n) is 4.87. The topological polar surface area (TPSA) is 107 Å². The first kappa shape index (κ1) is 17.4. The van der Waals surface area contributed by atoms with E-state index in [1.807, 2.05) is 6.92 Å². The summed E-state index contributed by atoms with van der Waals surface area (Å²) in [7, 11) is -2.68. The first-order valence-electron chi connectivity index (χ1n) is 6.19. The Kier molecular flexibility index (Phi) is 5.27. The van der Waals surface area contributed by atoms with E-state index in [-0.39, 0.29) is 16.8 Å². The molecule has 116 valence electrons. The van der Waals surface area contributed by atoms with Gasteiger partial charge in [-0.1, -0.05) is 23.8 Å². The lowest BCUT2D eigenvalue weighted by atomic mass is 10.2. The Morgan fingerprint density at radius 3 is 2.33 bits per heavy atom. The Morgan fingerprint density at radius 2 is 2.00 bits per heavy atom. The summed E-state index contributed by atoms with van der Waals surface area (Å²) in [6, 6.07) is 5.99. The van der Waals surface area contributed by atoms with Crippen molar-refractivity contribution in [3.63, 3.8) is 0 Å². The van der Waals surface area contributed by atoms with Crippen molar-refractivity contribution >= 4 is 16.1 Å². The largest absolute Gasteiger partial charge is 0.468 e. The van der Waals surface area contributed by atoms with Gasteiger partial charge in [0.2, 0.25) is 0 Å². The van der Waals surface area contributed by atoms with Crippen LogP contribution in [0.2, 0.25) is 0 Å². The molecule has 1 aromatic carbocycles. The van der Waals surface area contributed by atoms with E-state index >= 15 is 0 Å². The molecule has 1 aromatic rings. The number of carbonyl (C=O) groups excluding carboxylic acids is 1. The van der Waals surface area contributed by atoms with Gasteiger partial charge in [0.15, 0.2) is 0 Å². The lowest BCUT2D eigenvalue weighted by Gasteiger charge is -2.05. The highest BCUT2D eigenvalue weighted by Gasteiger charge is 2.56. The fourth-order valence-electron chi connectivity index (χ4n) is 1.73. The number of aryl methyl sites for hydroxylation is 1. The van der Waals surface area contributed by atoms with Crippen molar-refractivity contribution in [3.8, 4) is 0 Å². The molecule has 7 heteroatoms. The number of hydrogen-bond acceptors (Lipinski definition) is 5. The predicted molar refractivity (Wildman–Crippen MR) is 78.2 cm³/mol. The Bertz CT molecular complexity index is 623. The third kappa shape index (κ3) is 4.38. The quantitative estimate of drug-likeness (QED) is 0.495. The molecule has 0 heterocycles. The number of hydrogen-bond donors (Lipinski definition) is 2. The molecule has 0 radical (unpaired) electrons. The molecule has 21 heavy (non-hydrogen) atoms. The van der Waals surface area contributed by atoms with Gasteiger partial charge >= 0.3 is 5.97 Å². The van der Waals surface area contributed by atoms with Crippen LogP contribution in [0.5, 0.6) is 0 Å². The van der Waals surface area contributed by atoms with Crippen LogP contribution in [-0.4, -0.2) is 31.6 Å². The normalized spacial score (nSPS) is 23.5. The van der Waals surface area contributed by atoms with Crippen molar-refractivity contribution in [2.24, 2.45) is 11.7 Å². The van der Waals surface area contributed by atoms with Crippen LogP contribution >= 0.6 is 0 Å². The molecule has 1 fully saturated rings. The van der Waals surface area contributed by atoms with E-state index in [0.29, 0.717) is 6.42 Å². The van der Waals surface area contributed by atoms with E-state index in [1.54, 1.807) is 18.2 Å². The molecule has 0 bridgehead atoms. The summed E-state index contributed by atoms with van der Waals surface area (Å²) in [4.78, 5) is 10.8. The zero-order valence-electron chi connectivity index (χ0n) is 11.9. The lowest BCUT2D eigenvalue weighted by Crippen LogP contribution is -2.36. The van der Waals surface area contributed by atoms with Crippen LogP contribution in [-0.2, 0) is 19.6 Å². The first-order valence-corrected chi connectivity index (χ1v) is 7.63. The molecule has 0 saturated heterocycles. The third-order valence-electron chi connectivity index (χ3n) is 3.23. The Morgan fingerprint density at radius 1 is 1.48 bits per heavy atom. The van der Waals surface area contributed by atoms with Crippen LogP contribution in [0.3, 0.4) is 0 Å². The minimum absolute atomic E-state index is 0.0666. The SMILES string of the molecule is C=C[C@@H]1C[C@]1(N)C(=O)OC.Cc1ccc(S(=O)(=O)O)cc1. The number of benzene rings is 1. The van der Waals surface area contributed by atoms with E-state index < -0.39 is 15.7 Å². The maximum Gasteiger partial charge on any atom is 0.326 e.